The number of pyridine rings is 1. The number of carbonyl (C=O) groups excluding carboxylic acids is 2. The van der Waals surface area contributed by atoms with Crippen LogP contribution in [0, 0.1) is 11.3 Å². The summed E-state index contributed by atoms with van der Waals surface area (Å²) in [7, 11) is 0. The van der Waals surface area contributed by atoms with Crippen molar-refractivity contribution in [1.29, 1.82) is 0 Å². The second kappa shape index (κ2) is 6.63. The van der Waals surface area contributed by atoms with Gasteiger partial charge in [0.25, 0.3) is 5.91 Å². The van der Waals surface area contributed by atoms with E-state index in [1.165, 1.54) is 24.6 Å². The van der Waals surface area contributed by atoms with Crippen LogP contribution < -0.4 is 0 Å². The summed E-state index contributed by atoms with van der Waals surface area (Å²) < 4.78 is 0. The van der Waals surface area contributed by atoms with E-state index in [0.29, 0.717) is 18.7 Å². The highest BCUT2D eigenvalue weighted by molar-refractivity contribution is 7.98. The van der Waals surface area contributed by atoms with Crippen molar-refractivity contribution in [3.05, 3.63) is 23.9 Å². The van der Waals surface area contributed by atoms with E-state index in [-0.39, 0.29) is 17.2 Å². The summed E-state index contributed by atoms with van der Waals surface area (Å²) in [5, 5.41) is 0.763. The molecule has 1 aromatic rings. The molecule has 4 rings (SSSR count). The van der Waals surface area contributed by atoms with Crippen LogP contribution in [0.2, 0.25) is 0 Å². The minimum absolute atomic E-state index is 0.0152. The van der Waals surface area contributed by atoms with E-state index in [9.17, 15) is 9.59 Å². The molecule has 2 amide bonds. The highest BCUT2D eigenvalue weighted by atomic mass is 32.2. The van der Waals surface area contributed by atoms with Gasteiger partial charge in [-0.2, -0.15) is 0 Å². The molecule has 0 N–H and O–H groups in total. The molecule has 3 heterocycles. The number of rotatable bonds is 4. The third-order valence-corrected chi connectivity index (χ3v) is 6.55. The predicted molar refractivity (Wildman–Crippen MR) is 97.5 cm³/mol. The maximum atomic E-state index is 13.1. The fraction of sp³-hybridized carbons (Fsp3) is 0.632. The monoisotopic (exact) mass is 359 g/mol. The maximum Gasteiger partial charge on any atom is 0.256 e. The molecule has 1 aromatic heterocycles. The molecule has 1 atom stereocenters. The lowest BCUT2D eigenvalue weighted by molar-refractivity contribution is -0.145. The molecule has 0 aromatic carbocycles. The average molecular weight is 359 g/mol. The minimum Gasteiger partial charge on any atom is -0.342 e. The normalized spacial score (nSPS) is 26.5. The topological polar surface area (TPSA) is 53.5 Å². The van der Waals surface area contributed by atoms with Gasteiger partial charge in [0, 0.05) is 32.4 Å². The number of amides is 2. The lowest BCUT2D eigenvalue weighted by atomic mass is 9.78. The zero-order valence-corrected chi connectivity index (χ0v) is 15.6. The Hall–Kier alpha value is -1.56. The van der Waals surface area contributed by atoms with Crippen LogP contribution in [0.4, 0.5) is 0 Å². The van der Waals surface area contributed by atoms with E-state index in [2.05, 4.69) is 9.88 Å². The Bertz CT molecular complexity index is 691. The number of hydrogen-bond donors (Lipinski definition) is 0. The van der Waals surface area contributed by atoms with Crippen molar-refractivity contribution in [3.63, 3.8) is 0 Å². The SMILES string of the molecule is CSc1ncccc1C(=O)N1CC[C@@]2(CCCN(CC3CC3)C2=O)C1. The van der Waals surface area contributed by atoms with E-state index in [4.69, 9.17) is 0 Å². The number of hydrogen-bond acceptors (Lipinski definition) is 4. The Morgan fingerprint density at radius 3 is 2.96 bits per heavy atom. The van der Waals surface area contributed by atoms with Crippen molar-refractivity contribution in [2.24, 2.45) is 11.3 Å². The molecule has 5 nitrogen and oxygen atoms in total. The van der Waals surface area contributed by atoms with Crippen molar-refractivity contribution < 1.29 is 9.59 Å². The summed E-state index contributed by atoms with van der Waals surface area (Å²) in [6.07, 6.45) is 8.95. The summed E-state index contributed by atoms with van der Waals surface area (Å²) >= 11 is 1.49. The first-order chi connectivity index (χ1) is 12.1. The van der Waals surface area contributed by atoms with Crippen LogP contribution in [0.15, 0.2) is 23.4 Å². The molecule has 134 valence electrons. The standard InChI is InChI=1S/C19H25N3O2S/c1-25-16-15(4-2-9-20-16)17(23)22-11-8-19(13-22)7-3-10-21(18(19)24)12-14-5-6-14/h2,4,9,14H,3,5-8,10-13H2,1H3/t19-/m0/s1. The zero-order valence-electron chi connectivity index (χ0n) is 14.7. The fourth-order valence-electron chi connectivity index (χ4n) is 4.25. The molecule has 3 aliphatic rings. The quantitative estimate of drug-likeness (QED) is 0.776. The van der Waals surface area contributed by atoms with Crippen LogP contribution in [0.3, 0.4) is 0 Å². The van der Waals surface area contributed by atoms with Crippen molar-refractivity contribution in [2.75, 3.05) is 32.4 Å². The minimum atomic E-state index is -0.343. The number of aromatic nitrogens is 1. The Balaban J connectivity index is 1.50. The Morgan fingerprint density at radius 2 is 2.20 bits per heavy atom. The molecule has 1 aliphatic carbocycles. The third kappa shape index (κ3) is 3.16. The summed E-state index contributed by atoms with van der Waals surface area (Å²) in [6.45, 7) is 3.05. The average Bonchev–Trinajstić information content (AvgIpc) is 3.36. The Labute approximate surface area is 153 Å². The van der Waals surface area contributed by atoms with E-state index < -0.39 is 0 Å². The number of carbonyl (C=O) groups is 2. The molecule has 1 saturated carbocycles. The van der Waals surface area contributed by atoms with Gasteiger partial charge in [0.15, 0.2) is 0 Å². The Kier molecular flexibility index (Phi) is 4.48. The molecule has 3 fully saturated rings. The van der Waals surface area contributed by atoms with Crippen molar-refractivity contribution in [2.45, 2.75) is 37.1 Å². The molecule has 1 spiro atoms. The van der Waals surface area contributed by atoms with Crippen LogP contribution in [-0.2, 0) is 4.79 Å². The van der Waals surface area contributed by atoms with Gasteiger partial charge >= 0.3 is 0 Å². The smallest absolute Gasteiger partial charge is 0.256 e. The summed E-state index contributed by atoms with van der Waals surface area (Å²) in [6, 6.07) is 3.65. The van der Waals surface area contributed by atoms with E-state index >= 15 is 0 Å². The fourth-order valence-corrected chi connectivity index (χ4v) is 4.79. The largest absolute Gasteiger partial charge is 0.342 e. The van der Waals surface area contributed by atoms with Crippen LogP contribution in [0.25, 0.3) is 0 Å². The third-order valence-electron chi connectivity index (χ3n) is 5.84. The highest BCUT2D eigenvalue weighted by Crippen LogP contribution is 2.42. The molecule has 0 bridgehead atoms. The number of piperidine rings is 1. The molecule has 2 saturated heterocycles. The van der Waals surface area contributed by atoms with Crippen LogP contribution in [-0.4, -0.2) is 59.0 Å². The van der Waals surface area contributed by atoms with Crippen LogP contribution in [0.1, 0.15) is 42.5 Å². The second-order valence-corrected chi connectivity index (χ2v) is 8.41. The van der Waals surface area contributed by atoms with Crippen molar-refractivity contribution in [3.8, 4) is 0 Å². The van der Waals surface area contributed by atoms with Gasteiger partial charge in [-0.1, -0.05) is 0 Å². The summed E-state index contributed by atoms with van der Waals surface area (Å²) in [5.74, 6) is 1.02. The second-order valence-electron chi connectivity index (χ2n) is 7.62. The van der Waals surface area contributed by atoms with Gasteiger partial charge in [-0.3, -0.25) is 9.59 Å². The van der Waals surface area contributed by atoms with E-state index in [1.54, 1.807) is 6.20 Å². The van der Waals surface area contributed by atoms with Gasteiger partial charge in [0.05, 0.1) is 11.0 Å². The number of thioether (sulfide) groups is 1. The molecule has 25 heavy (non-hydrogen) atoms. The van der Waals surface area contributed by atoms with Gasteiger partial charge in [0.2, 0.25) is 5.91 Å². The number of nitrogens with zero attached hydrogens (tertiary/aromatic N) is 3. The van der Waals surface area contributed by atoms with Gasteiger partial charge in [0.1, 0.15) is 5.03 Å². The molecule has 0 unspecified atom stereocenters. The maximum absolute atomic E-state index is 13.1. The molecule has 0 radical (unpaired) electrons. The van der Waals surface area contributed by atoms with E-state index in [0.717, 1.165) is 43.3 Å². The molecule has 2 aliphatic heterocycles. The van der Waals surface area contributed by atoms with Crippen molar-refractivity contribution >= 4 is 23.6 Å². The number of likely N-dealkylation sites (tertiary alicyclic amines) is 2. The van der Waals surface area contributed by atoms with Crippen molar-refractivity contribution in [1.82, 2.24) is 14.8 Å². The lowest BCUT2D eigenvalue weighted by Gasteiger charge is -2.39. The van der Waals surface area contributed by atoms with E-state index in [1.807, 2.05) is 23.3 Å². The highest BCUT2D eigenvalue weighted by Gasteiger charge is 2.50. The summed E-state index contributed by atoms with van der Waals surface area (Å²) in [5.41, 5.74) is 0.315. The lowest BCUT2D eigenvalue weighted by Crippen LogP contribution is -2.51. The molecule has 6 heteroatoms. The van der Waals surface area contributed by atoms with Crippen LogP contribution in [0.5, 0.6) is 0 Å². The molecular weight excluding hydrogens is 334 g/mol. The van der Waals surface area contributed by atoms with Crippen LogP contribution >= 0.6 is 11.8 Å². The summed E-state index contributed by atoms with van der Waals surface area (Å²) in [4.78, 5) is 34.3. The van der Waals surface area contributed by atoms with Gasteiger partial charge < -0.3 is 9.80 Å². The first kappa shape index (κ1) is 16.9. The van der Waals surface area contributed by atoms with Gasteiger partial charge in [-0.05, 0) is 56.4 Å². The Morgan fingerprint density at radius 1 is 1.36 bits per heavy atom. The first-order valence-electron chi connectivity index (χ1n) is 9.21. The van der Waals surface area contributed by atoms with Gasteiger partial charge in [-0.25, -0.2) is 4.98 Å². The predicted octanol–water partition coefficient (Wildman–Crippen LogP) is 2.67. The first-order valence-corrected chi connectivity index (χ1v) is 10.4. The zero-order chi connectivity index (χ0) is 17.4. The molecular formula is C19H25N3O2S. The van der Waals surface area contributed by atoms with Gasteiger partial charge in [-0.15, -0.1) is 11.8 Å².